The van der Waals surface area contributed by atoms with Crippen LogP contribution in [0.1, 0.15) is 79.5 Å². The quantitative estimate of drug-likeness (QED) is 0.453. The van der Waals surface area contributed by atoms with E-state index in [1.807, 2.05) is 0 Å². The van der Waals surface area contributed by atoms with E-state index in [1.54, 1.807) is 6.07 Å². The molecule has 0 radical (unpaired) electrons. The van der Waals surface area contributed by atoms with Crippen LogP contribution in [0.5, 0.6) is 5.75 Å². The van der Waals surface area contributed by atoms with Gasteiger partial charge in [-0.1, -0.05) is 39.2 Å². The first-order valence-electron chi connectivity index (χ1n) is 10.8. The predicted molar refractivity (Wildman–Crippen MR) is 112 cm³/mol. The summed E-state index contributed by atoms with van der Waals surface area (Å²) in [5, 5.41) is 2.16. The molecule has 2 aliphatic rings. The number of amides is 4. The van der Waals surface area contributed by atoms with Gasteiger partial charge in [-0.25, -0.2) is 0 Å². The first kappa shape index (κ1) is 22.7. The minimum atomic E-state index is -1.04. The molecule has 8 heteroatoms. The highest BCUT2D eigenvalue weighted by molar-refractivity contribution is 6.24. The van der Waals surface area contributed by atoms with Crippen LogP contribution in [0.2, 0.25) is 0 Å². The first-order chi connectivity index (χ1) is 14.8. The molecule has 1 saturated heterocycles. The number of nitrogens with zero attached hydrogens (tertiary/aromatic N) is 1. The zero-order chi connectivity index (χ0) is 22.5. The van der Waals surface area contributed by atoms with Crippen molar-refractivity contribution in [3.05, 3.63) is 29.3 Å². The average Bonchev–Trinajstić information content (AvgIpc) is 2.97. The second kappa shape index (κ2) is 9.85. The van der Waals surface area contributed by atoms with Crippen LogP contribution in [-0.4, -0.2) is 47.0 Å². The van der Waals surface area contributed by atoms with Gasteiger partial charge in [-0.05, 0) is 30.9 Å². The molecule has 0 bridgehead atoms. The summed E-state index contributed by atoms with van der Waals surface area (Å²) in [5.41, 5.74) is 0.190. The number of unbranched alkanes of at least 4 members (excludes halogenated alkanes) is 2. The van der Waals surface area contributed by atoms with E-state index in [0.717, 1.165) is 30.6 Å². The molecule has 0 aliphatic carbocycles. The number of hydrogen-bond acceptors (Lipinski definition) is 6. The third-order valence-corrected chi connectivity index (χ3v) is 5.56. The zero-order valence-corrected chi connectivity index (χ0v) is 17.9. The van der Waals surface area contributed by atoms with E-state index < -0.39 is 29.7 Å². The number of carbonyl (C=O) groups excluding carboxylic acids is 5. The molecule has 0 spiro atoms. The Kier molecular flexibility index (Phi) is 7.20. The molecule has 1 unspecified atom stereocenters. The van der Waals surface area contributed by atoms with Gasteiger partial charge in [0.2, 0.25) is 11.8 Å². The number of rotatable bonds is 10. The maximum absolute atomic E-state index is 13.0. The third kappa shape index (κ3) is 5.18. The van der Waals surface area contributed by atoms with Gasteiger partial charge in [0.1, 0.15) is 18.4 Å². The topological polar surface area (TPSA) is 110 Å². The van der Waals surface area contributed by atoms with Crippen LogP contribution in [0, 0.1) is 5.92 Å². The fourth-order valence-electron chi connectivity index (χ4n) is 3.89. The van der Waals surface area contributed by atoms with Gasteiger partial charge < -0.3 is 4.74 Å². The molecule has 1 atom stereocenters. The summed E-state index contributed by atoms with van der Waals surface area (Å²) in [4.78, 5) is 62.4. The fraction of sp³-hybridized carbons (Fsp3) is 0.522. The Morgan fingerprint density at radius 2 is 1.90 bits per heavy atom. The van der Waals surface area contributed by atoms with Crippen molar-refractivity contribution < 1.29 is 28.7 Å². The number of ether oxygens (including phenoxy) is 1. The molecule has 1 aromatic rings. The second-order valence-electron chi connectivity index (χ2n) is 8.45. The van der Waals surface area contributed by atoms with Gasteiger partial charge in [-0.2, -0.15) is 0 Å². The lowest BCUT2D eigenvalue weighted by molar-refractivity contribution is -0.136. The summed E-state index contributed by atoms with van der Waals surface area (Å²) in [6.07, 6.45) is 4.55. The third-order valence-electron chi connectivity index (χ3n) is 5.56. The molecule has 1 aromatic carbocycles. The van der Waals surface area contributed by atoms with Crippen LogP contribution < -0.4 is 10.1 Å². The minimum Gasteiger partial charge on any atom is -0.485 e. The smallest absolute Gasteiger partial charge is 0.266 e. The molecule has 2 heterocycles. The predicted octanol–water partition coefficient (Wildman–Crippen LogP) is 2.64. The highest BCUT2D eigenvalue weighted by Gasteiger charge is 2.46. The van der Waals surface area contributed by atoms with Gasteiger partial charge in [-0.15, -0.1) is 0 Å². The Labute approximate surface area is 181 Å². The molecular weight excluding hydrogens is 400 g/mol. The van der Waals surface area contributed by atoms with Crippen LogP contribution in [0.4, 0.5) is 0 Å². The van der Waals surface area contributed by atoms with Gasteiger partial charge in [0.25, 0.3) is 11.8 Å². The normalized spacial score (nSPS) is 18.4. The van der Waals surface area contributed by atoms with Crippen LogP contribution >= 0.6 is 0 Å². The van der Waals surface area contributed by atoms with E-state index in [4.69, 9.17) is 4.74 Å². The molecule has 1 fully saturated rings. The van der Waals surface area contributed by atoms with E-state index in [2.05, 4.69) is 19.2 Å². The van der Waals surface area contributed by atoms with Crippen LogP contribution in [0.3, 0.4) is 0 Å². The van der Waals surface area contributed by atoms with Crippen molar-refractivity contribution in [2.45, 2.75) is 64.8 Å². The molecule has 1 N–H and O–H groups in total. The van der Waals surface area contributed by atoms with Crippen molar-refractivity contribution in [2.75, 3.05) is 6.61 Å². The van der Waals surface area contributed by atoms with E-state index in [-0.39, 0.29) is 42.1 Å². The van der Waals surface area contributed by atoms with Crippen molar-refractivity contribution in [1.82, 2.24) is 10.2 Å². The standard InChI is InChI=1S/C23H28N2O6/c1-14(2)7-4-3-5-8-15(26)13-31-18-10-6-9-16-20(18)23(30)25(22(16)29)17-11-12-19(27)24-21(17)28/h6,9-10,14,17H,3-5,7-8,11-13H2,1-2H3,(H,24,27,28). The minimum absolute atomic E-state index is 0.0544. The van der Waals surface area contributed by atoms with E-state index in [9.17, 15) is 24.0 Å². The molecular formula is C23H28N2O6. The van der Waals surface area contributed by atoms with Crippen molar-refractivity contribution in [2.24, 2.45) is 5.92 Å². The Bertz CT molecular complexity index is 907. The van der Waals surface area contributed by atoms with E-state index in [1.165, 1.54) is 12.1 Å². The molecule has 166 valence electrons. The SMILES string of the molecule is CC(C)CCCCCC(=O)COc1cccc2c1C(=O)N(C1CCC(=O)NC1=O)C2=O. The molecule has 0 saturated carbocycles. The lowest BCUT2D eigenvalue weighted by Gasteiger charge is -2.27. The number of fused-ring (bicyclic) bond motifs is 1. The lowest BCUT2D eigenvalue weighted by atomic mass is 10.0. The number of carbonyl (C=O) groups is 5. The van der Waals surface area contributed by atoms with E-state index in [0.29, 0.717) is 12.3 Å². The second-order valence-corrected chi connectivity index (χ2v) is 8.45. The largest absolute Gasteiger partial charge is 0.485 e. The number of hydrogen-bond donors (Lipinski definition) is 1. The maximum atomic E-state index is 13.0. The Morgan fingerprint density at radius 1 is 1.13 bits per heavy atom. The van der Waals surface area contributed by atoms with Crippen molar-refractivity contribution >= 4 is 29.4 Å². The molecule has 8 nitrogen and oxygen atoms in total. The molecule has 2 aliphatic heterocycles. The fourth-order valence-corrected chi connectivity index (χ4v) is 3.89. The highest BCUT2D eigenvalue weighted by Crippen LogP contribution is 2.33. The Hall–Kier alpha value is -3.03. The number of imide groups is 2. The summed E-state index contributed by atoms with van der Waals surface area (Å²) < 4.78 is 5.60. The van der Waals surface area contributed by atoms with Crippen LogP contribution in [0.15, 0.2) is 18.2 Å². The van der Waals surface area contributed by atoms with Gasteiger partial charge in [-0.3, -0.25) is 34.2 Å². The number of nitrogens with one attached hydrogen (secondary N) is 1. The van der Waals surface area contributed by atoms with Crippen molar-refractivity contribution in [3.8, 4) is 5.75 Å². The molecule has 3 rings (SSSR count). The molecule has 31 heavy (non-hydrogen) atoms. The summed E-state index contributed by atoms with van der Waals surface area (Å²) in [6, 6.07) is 3.56. The zero-order valence-electron chi connectivity index (χ0n) is 17.9. The number of benzene rings is 1. The highest BCUT2D eigenvalue weighted by atomic mass is 16.5. The summed E-state index contributed by atoms with van der Waals surface area (Å²) in [7, 11) is 0. The van der Waals surface area contributed by atoms with Gasteiger partial charge in [0, 0.05) is 12.8 Å². The summed E-state index contributed by atoms with van der Waals surface area (Å²) in [6.45, 7) is 4.16. The van der Waals surface area contributed by atoms with Crippen molar-refractivity contribution in [1.29, 1.82) is 0 Å². The van der Waals surface area contributed by atoms with Gasteiger partial charge in [0.05, 0.1) is 11.1 Å². The average molecular weight is 428 g/mol. The Balaban J connectivity index is 1.62. The molecule has 4 amide bonds. The van der Waals surface area contributed by atoms with E-state index >= 15 is 0 Å². The van der Waals surface area contributed by atoms with Crippen molar-refractivity contribution in [3.63, 3.8) is 0 Å². The Morgan fingerprint density at radius 3 is 2.61 bits per heavy atom. The number of Topliss-reactive ketones (excluding diaryl/α,β-unsaturated/α-hetero) is 1. The monoisotopic (exact) mass is 428 g/mol. The number of piperidine rings is 1. The van der Waals surface area contributed by atoms with Gasteiger partial charge >= 0.3 is 0 Å². The van der Waals surface area contributed by atoms with Crippen LogP contribution in [0.25, 0.3) is 0 Å². The van der Waals surface area contributed by atoms with Gasteiger partial charge in [0.15, 0.2) is 5.78 Å². The van der Waals surface area contributed by atoms with Crippen LogP contribution in [-0.2, 0) is 14.4 Å². The summed E-state index contributed by atoms with van der Waals surface area (Å²) in [5.74, 6) is -1.60. The lowest BCUT2D eigenvalue weighted by Crippen LogP contribution is -2.54. The molecule has 0 aromatic heterocycles. The summed E-state index contributed by atoms with van der Waals surface area (Å²) >= 11 is 0. The first-order valence-corrected chi connectivity index (χ1v) is 10.8. The maximum Gasteiger partial charge on any atom is 0.266 e. The number of ketones is 1.